The van der Waals surface area contributed by atoms with Gasteiger partial charge in [0.25, 0.3) is 5.91 Å². The molecule has 3 rings (SSSR count). The summed E-state index contributed by atoms with van der Waals surface area (Å²) in [4.78, 5) is 32.4. The largest absolute Gasteiger partial charge is 0.480 e. The standard InChI is InChI=1S/C18H21N3O3/c1-11-5-4-6-13-14(9-12(2)19-16(11)13)17(22)21-8-7-20(3)15(10-21)18(23)24/h4-6,9,15H,7-8,10H2,1-3H3,(H,23,24)/t15-/m0/s1. The van der Waals surface area contributed by atoms with E-state index < -0.39 is 12.0 Å². The van der Waals surface area contributed by atoms with E-state index in [4.69, 9.17) is 0 Å². The van der Waals surface area contributed by atoms with Crippen LogP contribution in [-0.4, -0.2) is 64.5 Å². The van der Waals surface area contributed by atoms with E-state index in [0.29, 0.717) is 18.7 Å². The monoisotopic (exact) mass is 327 g/mol. The summed E-state index contributed by atoms with van der Waals surface area (Å²) in [6, 6.07) is 6.90. The number of benzene rings is 1. The number of rotatable bonds is 2. The lowest BCUT2D eigenvalue weighted by atomic mass is 10.0. The number of carboxylic acids is 1. The summed E-state index contributed by atoms with van der Waals surface area (Å²) < 4.78 is 0. The molecule has 1 amide bonds. The minimum atomic E-state index is -0.901. The third-order valence-corrected chi connectivity index (χ3v) is 4.62. The van der Waals surface area contributed by atoms with Crippen LogP contribution in [0.3, 0.4) is 0 Å². The number of piperazine rings is 1. The van der Waals surface area contributed by atoms with Gasteiger partial charge in [0.2, 0.25) is 0 Å². The van der Waals surface area contributed by atoms with Gasteiger partial charge < -0.3 is 10.0 Å². The fraction of sp³-hybridized carbons (Fsp3) is 0.389. The zero-order valence-electron chi connectivity index (χ0n) is 14.1. The second kappa shape index (κ2) is 6.20. The van der Waals surface area contributed by atoms with Crippen LogP contribution >= 0.6 is 0 Å². The lowest BCUT2D eigenvalue weighted by Gasteiger charge is -2.37. The molecule has 1 atom stereocenters. The molecule has 0 unspecified atom stereocenters. The predicted octanol–water partition coefficient (Wildman–Crippen LogP) is 1.69. The summed E-state index contributed by atoms with van der Waals surface area (Å²) in [6.45, 7) is 5.10. The maximum atomic E-state index is 13.0. The third kappa shape index (κ3) is 2.85. The number of carbonyl (C=O) groups excluding carboxylic acids is 1. The zero-order valence-corrected chi connectivity index (χ0v) is 14.1. The topological polar surface area (TPSA) is 73.7 Å². The molecule has 0 saturated carbocycles. The first-order valence-electron chi connectivity index (χ1n) is 7.98. The molecule has 6 nitrogen and oxygen atoms in total. The van der Waals surface area contributed by atoms with Crippen molar-refractivity contribution in [2.75, 3.05) is 26.7 Å². The molecule has 24 heavy (non-hydrogen) atoms. The van der Waals surface area contributed by atoms with E-state index in [2.05, 4.69) is 4.98 Å². The number of carbonyl (C=O) groups is 2. The number of aliphatic carboxylic acids is 1. The van der Waals surface area contributed by atoms with Gasteiger partial charge in [-0.3, -0.25) is 19.5 Å². The van der Waals surface area contributed by atoms with E-state index in [0.717, 1.165) is 22.2 Å². The SMILES string of the molecule is Cc1cc(C(=O)N2CCN(C)[C@H](C(=O)O)C2)c2cccc(C)c2n1. The van der Waals surface area contributed by atoms with Gasteiger partial charge in [0.05, 0.1) is 11.1 Å². The van der Waals surface area contributed by atoms with Crippen LogP contribution in [0.15, 0.2) is 24.3 Å². The van der Waals surface area contributed by atoms with Crippen molar-refractivity contribution in [3.63, 3.8) is 0 Å². The van der Waals surface area contributed by atoms with E-state index in [1.807, 2.05) is 32.0 Å². The molecular weight excluding hydrogens is 306 g/mol. The molecule has 1 saturated heterocycles. The summed E-state index contributed by atoms with van der Waals surface area (Å²) in [5, 5.41) is 10.2. The Kier molecular flexibility index (Phi) is 4.24. The molecule has 0 aliphatic carbocycles. The molecular formula is C18H21N3O3. The first-order chi connectivity index (χ1) is 11.4. The Hall–Kier alpha value is -2.47. The van der Waals surface area contributed by atoms with Crippen molar-refractivity contribution in [2.24, 2.45) is 0 Å². The highest BCUT2D eigenvalue weighted by molar-refractivity contribution is 6.07. The summed E-state index contributed by atoms with van der Waals surface area (Å²) in [5.74, 6) is -1.03. The number of carboxylic acid groups (broad SMARTS) is 1. The van der Waals surface area contributed by atoms with Gasteiger partial charge in [0, 0.05) is 30.7 Å². The smallest absolute Gasteiger partial charge is 0.322 e. The van der Waals surface area contributed by atoms with Gasteiger partial charge in [-0.15, -0.1) is 0 Å². The van der Waals surface area contributed by atoms with Gasteiger partial charge in [-0.2, -0.15) is 0 Å². The Balaban J connectivity index is 2.00. The normalized spacial score (nSPS) is 18.8. The first kappa shape index (κ1) is 16.4. The quantitative estimate of drug-likeness (QED) is 0.909. The van der Waals surface area contributed by atoms with Crippen LogP contribution in [0.5, 0.6) is 0 Å². The van der Waals surface area contributed by atoms with Gasteiger partial charge in [0.1, 0.15) is 6.04 Å². The van der Waals surface area contributed by atoms with Crippen molar-refractivity contribution in [3.05, 3.63) is 41.1 Å². The number of amides is 1. The number of aromatic nitrogens is 1. The van der Waals surface area contributed by atoms with Crippen LogP contribution in [0.25, 0.3) is 10.9 Å². The Labute approximate surface area is 140 Å². The van der Waals surface area contributed by atoms with E-state index in [-0.39, 0.29) is 12.5 Å². The molecule has 1 aliphatic rings. The average Bonchev–Trinajstić information content (AvgIpc) is 2.54. The molecule has 0 radical (unpaired) electrons. The minimum absolute atomic E-state index is 0.129. The lowest BCUT2D eigenvalue weighted by Crippen LogP contribution is -2.56. The number of pyridine rings is 1. The Morgan fingerprint density at radius 1 is 1.25 bits per heavy atom. The highest BCUT2D eigenvalue weighted by Gasteiger charge is 2.33. The molecule has 126 valence electrons. The van der Waals surface area contributed by atoms with Crippen molar-refractivity contribution >= 4 is 22.8 Å². The molecule has 0 spiro atoms. The van der Waals surface area contributed by atoms with Crippen LogP contribution in [0.4, 0.5) is 0 Å². The fourth-order valence-electron chi connectivity index (χ4n) is 3.19. The summed E-state index contributed by atoms with van der Waals surface area (Å²) in [7, 11) is 1.77. The minimum Gasteiger partial charge on any atom is -0.480 e. The molecule has 6 heteroatoms. The second-order valence-electron chi connectivity index (χ2n) is 6.37. The van der Waals surface area contributed by atoms with Crippen molar-refractivity contribution in [2.45, 2.75) is 19.9 Å². The van der Waals surface area contributed by atoms with E-state index in [1.54, 1.807) is 22.9 Å². The van der Waals surface area contributed by atoms with Gasteiger partial charge in [-0.25, -0.2) is 0 Å². The summed E-state index contributed by atoms with van der Waals surface area (Å²) in [5.41, 5.74) is 3.22. The number of fused-ring (bicyclic) bond motifs is 1. The van der Waals surface area contributed by atoms with Crippen molar-refractivity contribution in [1.82, 2.24) is 14.8 Å². The third-order valence-electron chi connectivity index (χ3n) is 4.62. The number of hydrogen-bond acceptors (Lipinski definition) is 4. The molecule has 2 heterocycles. The average molecular weight is 327 g/mol. The predicted molar refractivity (Wildman–Crippen MR) is 91.2 cm³/mol. The Bertz CT molecular complexity index is 819. The van der Waals surface area contributed by atoms with Crippen LogP contribution in [0.2, 0.25) is 0 Å². The molecule has 1 aliphatic heterocycles. The molecule has 1 N–H and O–H groups in total. The van der Waals surface area contributed by atoms with E-state index >= 15 is 0 Å². The Morgan fingerprint density at radius 3 is 2.71 bits per heavy atom. The first-order valence-corrected chi connectivity index (χ1v) is 7.98. The number of para-hydroxylation sites is 1. The van der Waals surface area contributed by atoms with Gasteiger partial charge in [0.15, 0.2) is 0 Å². The highest BCUT2D eigenvalue weighted by Crippen LogP contribution is 2.23. The highest BCUT2D eigenvalue weighted by atomic mass is 16.4. The maximum Gasteiger partial charge on any atom is 0.322 e. The number of likely N-dealkylation sites (N-methyl/N-ethyl adjacent to an activating group) is 1. The van der Waals surface area contributed by atoms with Crippen LogP contribution in [0, 0.1) is 13.8 Å². The van der Waals surface area contributed by atoms with E-state index in [1.165, 1.54) is 0 Å². The van der Waals surface area contributed by atoms with Crippen molar-refractivity contribution < 1.29 is 14.7 Å². The lowest BCUT2D eigenvalue weighted by molar-refractivity contribution is -0.144. The van der Waals surface area contributed by atoms with E-state index in [9.17, 15) is 14.7 Å². The number of aryl methyl sites for hydroxylation is 2. The number of nitrogens with zero attached hydrogens (tertiary/aromatic N) is 3. The van der Waals surface area contributed by atoms with Gasteiger partial charge >= 0.3 is 5.97 Å². The van der Waals surface area contributed by atoms with Gasteiger partial charge in [-0.1, -0.05) is 18.2 Å². The number of hydrogen-bond donors (Lipinski definition) is 1. The maximum absolute atomic E-state index is 13.0. The fourth-order valence-corrected chi connectivity index (χ4v) is 3.19. The van der Waals surface area contributed by atoms with Crippen LogP contribution in [0.1, 0.15) is 21.6 Å². The molecule has 2 aromatic rings. The molecule has 1 aromatic heterocycles. The summed E-state index contributed by atoms with van der Waals surface area (Å²) in [6.07, 6.45) is 0. The van der Waals surface area contributed by atoms with Crippen molar-refractivity contribution in [1.29, 1.82) is 0 Å². The second-order valence-corrected chi connectivity index (χ2v) is 6.37. The van der Waals surface area contributed by atoms with Crippen LogP contribution in [-0.2, 0) is 4.79 Å². The molecule has 1 fully saturated rings. The zero-order chi connectivity index (χ0) is 17.4. The van der Waals surface area contributed by atoms with Crippen LogP contribution < -0.4 is 0 Å². The van der Waals surface area contributed by atoms with Gasteiger partial charge in [-0.05, 0) is 32.5 Å². The Morgan fingerprint density at radius 2 is 2.00 bits per heavy atom. The molecule has 1 aromatic carbocycles. The molecule has 0 bridgehead atoms. The summed E-state index contributed by atoms with van der Waals surface area (Å²) >= 11 is 0. The van der Waals surface area contributed by atoms with Crippen molar-refractivity contribution in [3.8, 4) is 0 Å².